The zero-order valence-electron chi connectivity index (χ0n) is 6.19. The van der Waals surface area contributed by atoms with E-state index < -0.39 is 10.9 Å². The van der Waals surface area contributed by atoms with Crippen LogP contribution in [0.5, 0.6) is 0 Å². The minimum absolute atomic E-state index is 0.0694. The molecule has 0 bridgehead atoms. The second-order valence-electron chi connectivity index (χ2n) is 2.18. The molecule has 5 nitrogen and oxygen atoms in total. The van der Waals surface area contributed by atoms with Crippen molar-refractivity contribution >= 4 is 27.6 Å². The lowest BCUT2D eigenvalue weighted by molar-refractivity contribution is -0.385. The van der Waals surface area contributed by atoms with Gasteiger partial charge in [0, 0.05) is 11.6 Å². The number of rotatable bonds is 2. The van der Waals surface area contributed by atoms with E-state index in [9.17, 15) is 20.0 Å². The van der Waals surface area contributed by atoms with Crippen molar-refractivity contribution in [2.24, 2.45) is 0 Å². The molecule has 0 radical (unpaired) electrons. The van der Waals surface area contributed by atoms with E-state index in [1.54, 1.807) is 0 Å². The summed E-state index contributed by atoms with van der Waals surface area (Å²) in [4.78, 5) is 20.1. The molecule has 6 heteroatoms. The maximum atomic E-state index is 10.4. The van der Waals surface area contributed by atoms with Crippen LogP contribution in [0.15, 0.2) is 22.7 Å². The third-order valence-electron chi connectivity index (χ3n) is 1.39. The fourth-order valence-corrected chi connectivity index (χ4v) is 1.39. The Morgan fingerprint density at radius 1 is 1.46 bits per heavy atom. The largest absolute Gasteiger partial charge is 0.545 e. The van der Waals surface area contributed by atoms with Gasteiger partial charge in [-0.3, -0.25) is 10.1 Å². The summed E-state index contributed by atoms with van der Waals surface area (Å²) in [6, 6.07) is 3.72. The smallest absolute Gasteiger partial charge is 0.284 e. The topological polar surface area (TPSA) is 83.3 Å². The average Bonchev–Trinajstić information content (AvgIpc) is 2.03. The third-order valence-corrected chi connectivity index (χ3v) is 2.23. The molecular weight excluding hydrogens is 242 g/mol. The maximum Gasteiger partial charge on any atom is 0.284 e. The van der Waals surface area contributed by atoms with Crippen LogP contribution in [-0.2, 0) is 0 Å². The highest BCUT2D eigenvalue weighted by atomic mass is 79.9. The molecule has 68 valence electrons. The van der Waals surface area contributed by atoms with Crippen LogP contribution in [0.2, 0.25) is 0 Å². The Morgan fingerprint density at radius 2 is 2.08 bits per heavy atom. The Bertz CT molecular complexity index is 345. The molecule has 0 saturated carbocycles. The molecule has 0 saturated heterocycles. The summed E-state index contributed by atoms with van der Waals surface area (Å²) in [6.45, 7) is 0. The highest BCUT2D eigenvalue weighted by Crippen LogP contribution is 2.27. The van der Waals surface area contributed by atoms with Crippen molar-refractivity contribution in [2.45, 2.75) is 0 Å². The number of carboxylic acids is 1. The predicted molar refractivity (Wildman–Crippen MR) is 45.1 cm³/mol. The van der Waals surface area contributed by atoms with Crippen LogP contribution >= 0.6 is 15.9 Å². The first-order chi connectivity index (χ1) is 6.04. The van der Waals surface area contributed by atoms with Crippen molar-refractivity contribution in [3.63, 3.8) is 0 Å². The number of hydrogen-bond acceptors (Lipinski definition) is 4. The minimum atomic E-state index is -1.45. The lowest BCUT2D eigenvalue weighted by Gasteiger charge is -2.04. The maximum absolute atomic E-state index is 10.4. The third kappa shape index (κ3) is 1.83. The van der Waals surface area contributed by atoms with Gasteiger partial charge in [0.25, 0.3) is 5.69 Å². The Morgan fingerprint density at radius 3 is 2.54 bits per heavy atom. The predicted octanol–water partition coefficient (Wildman–Crippen LogP) is 0.721. The average molecular weight is 245 g/mol. The molecule has 0 N–H and O–H groups in total. The van der Waals surface area contributed by atoms with Crippen molar-refractivity contribution in [3.8, 4) is 0 Å². The number of nitrogens with zero attached hydrogens (tertiary/aromatic N) is 1. The molecule has 0 aliphatic carbocycles. The standard InChI is InChI=1S/C7H4BrNO4/c8-6-4(7(10)11)2-1-3-5(6)9(12)13/h1-3H,(H,10,11)/p-1. The van der Waals surface area contributed by atoms with Crippen molar-refractivity contribution in [2.75, 3.05) is 0 Å². The van der Waals surface area contributed by atoms with Gasteiger partial charge in [0.2, 0.25) is 0 Å². The van der Waals surface area contributed by atoms with Crippen LogP contribution < -0.4 is 5.11 Å². The van der Waals surface area contributed by atoms with Crippen LogP contribution in [0, 0.1) is 10.1 Å². The van der Waals surface area contributed by atoms with Crippen LogP contribution in [0.25, 0.3) is 0 Å². The van der Waals surface area contributed by atoms with Crippen LogP contribution in [0.4, 0.5) is 5.69 Å². The molecule has 0 spiro atoms. The Labute approximate surface area is 81.3 Å². The minimum Gasteiger partial charge on any atom is -0.545 e. The van der Waals surface area contributed by atoms with Gasteiger partial charge in [-0.25, -0.2) is 0 Å². The van der Waals surface area contributed by atoms with Gasteiger partial charge in [-0.15, -0.1) is 0 Å². The van der Waals surface area contributed by atoms with E-state index in [-0.39, 0.29) is 15.7 Å². The highest BCUT2D eigenvalue weighted by Gasteiger charge is 2.14. The van der Waals surface area contributed by atoms with Gasteiger partial charge in [-0.2, -0.15) is 0 Å². The zero-order valence-corrected chi connectivity index (χ0v) is 7.78. The van der Waals surface area contributed by atoms with Gasteiger partial charge in [0.15, 0.2) is 0 Å². The number of aromatic carboxylic acids is 1. The first kappa shape index (κ1) is 9.66. The number of nitro groups is 1. The number of carboxylic acid groups (broad SMARTS) is 1. The van der Waals surface area contributed by atoms with Gasteiger partial charge in [0.1, 0.15) is 4.47 Å². The lowest BCUT2D eigenvalue weighted by Crippen LogP contribution is -2.22. The Balaban J connectivity index is 3.35. The van der Waals surface area contributed by atoms with Crippen molar-refractivity contribution in [1.82, 2.24) is 0 Å². The zero-order chi connectivity index (χ0) is 10.0. The Kier molecular flexibility index (Phi) is 2.62. The van der Waals surface area contributed by atoms with E-state index in [1.807, 2.05) is 0 Å². The normalized spacial score (nSPS) is 9.62. The van der Waals surface area contributed by atoms with E-state index in [0.717, 1.165) is 0 Å². The molecule has 0 aliphatic heterocycles. The van der Waals surface area contributed by atoms with E-state index in [1.165, 1.54) is 18.2 Å². The molecule has 0 aromatic heterocycles. The highest BCUT2D eigenvalue weighted by molar-refractivity contribution is 9.10. The number of hydrogen-bond donors (Lipinski definition) is 0. The van der Waals surface area contributed by atoms with Crippen molar-refractivity contribution in [1.29, 1.82) is 0 Å². The summed E-state index contributed by atoms with van der Waals surface area (Å²) in [5, 5.41) is 20.8. The summed E-state index contributed by atoms with van der Waals surface area (Å²) in [5.41, 5.74) is -0.518. The summed E-state index contributed by atoms with van der Waals surface area (Å²) in [5.74, 6) is -1.45. The molecule has 1 aromatic carbocycles. The van der Waals surface area contributed by atoms with Crippen molar-refractivity contribution < 1.29 is 14.8 Å². The second-order valence-corrected chi connectivity index (χ2v) is 2.98. The van der Waals surface area contributed by atoms with Gasteiger partial charge in [-0.1, -0.05) is 12.1 Å². The van der Waals surface area contributed by atoms with Gasteiger partial charge in [0.05, 0.1) is 10.9 Å². The van der Waals surface area contributed by atoms with Crippen LogP contribution in [-0.4, -0.2) is 10.9 Å². The number of nitro benzene ring substituents is 1. The van der Waals surface area contributed by atoms with Gasteiger partial charge in [-0.05, 0) is 15.9 Å². The van der Waals surface area contributed by atoms with Crippen molar-refractivity contribution in [3.05, 3.63) is 38.3 Å². The number of carbonyl (C=O) groups is 1. The number of halogens is 1. The quantitative estimate of drug-likeness (QED) is 0.567. The van der Waals surface area contributed by atoms with Crippen LogP contribution in [0.3, 0.4) is 0 Å². The molecule has 1 rings (SSSR count). The second kappa shape index (κ2) is 3.53. The molecule has 0 atom stereocenters. The summed E-state index contributed by atoms with van der Waals surface area (Å²) < 4.78 is -0.0694. The first-order valence-electron chi connectivity index (χ1n) is 3.18. The van der Waals surface area contributed by atoms with E-state index in [0.29, 0.717) is 0 Å². The molecule has 0 fully saturated rings. The Hall–Kier alpha value is -1.43. The number of carbonyl (C=O) groups excluding carboxylic acids is 1. The molecule has 0 heterocycles. The van der Waals surface area contributed by atoms with Gasteiger partial charge >= 0.3 is 0 Å². The monoisotopic (exact) mass is 244 g/mol. The fraction of sp³-hybridized carbons (Fsp3) is 0. The fourth-order valence-electron chi connectivity index (χ4n) is 0.818. The SMILES string of the molecule is O=C([O-])c1cccc([N+](=O)[O-])c1Br. The van der Waals surface area contributed by atoms with E-state index in [4.69, 9.17) is 0 Å². The van der Waals surface area contributed by atoms with Crippen LogP contribution in [0.1, 0.15) is 10.4 Å². The molecule has 0 amide bonds. The molecule has 13 heavy (non-hydrogen) atoms. The number of benzene rings is 1. The molecule has 0 unspecified atom stereocenters. The summed E-state index contributed by atoms with van der Waals surface area (Å²) in [7, 11) is 0. The lowest BCUT2D eigenvalue weighted by atomic mass is 10.2. The molecule has 0 aliphatic rings. The molecule has 1 aromatic rings. The summed E-state index contributed by atoms with van der Waals surface area (Å²) >= 11 is 2.82. The van der Waals surface area contributed by atoms with Gasteiger partial charge < -0.3 is 9.90 Å². The first-order valence-corrected chi connectivity index (χ1v) is 3.97. The summed E-state index contributed by atoms with van der Waals surface area (Å²) in [6.07, 6.45) is 0. The van der Waals surface area contributed by atoms with E-state index in [2.05, 4.69) is 15.9 Å². The van der Waals surface area contributed by atoms with E-state index >= 15 is 0 Å². The molecular formula is C7H3BrNO4-.